The molecule has 0 aromatic heterocycles. The van der Waals surface area contributed by atoms with Crippen molar-refractivity contribution in [3.05, 3.63) is 98.8 Å². The maximum atomic E-state index is 15.2. The number of halogens is 10. The third kappa shape index (κ3) is 7.11. The van der Waals surface area contributed by atoms with Gasteiger partial charge < -0.3 is 5.32 Å². The molecular weight excluding hydrogens is 723 g/mol. The van der Waals surface area contributed by atoms with Gasteiger partial charge in [0.1, 0.15) is 21.8 Å². The van der Waals surface area contributed by atoms with Crippen molar-refractivity contribution in [1.82, 2.24) is 0 Å². The molecule has 1 N–H and O–H groups in total. The van der Waals surface area contributed by atoms with Crippen LogP contribution in [0, 0.1) is 23.4 Å². The average Bonchev–Trinajstić information content (AvgIpc) is 3.49. The van der Waals surface area contributed by atoms with Gasteiger partial charge in [0.25, 0.3) is 0 Å². The first-order valence-electron chi connectivity index (χ1n) is 12.8. The predicted octanol–water partition coefficient (Wildman–Crippen LogP) is 9.01. The summed E-state index contributed by atoms with van der Waals surface area (Å²) in [6, 6.07) is 8.04. The molecule has 0 saturated heterocycles. The molecule has 4 rings (SSSR count). The second-order valence-electron chi connectivity index (χ2n) is 10.7. The summed E-state index contributed by atoms with van der Waals surface area (Å²) >= 11 is 21.8. The molecule has 1 fully saturated rings. The summed E-state index contributed by atoms with van der Waals surface area (Å²) in [5.41, 5.74) is -2.40. The van der Waals surface area contributed by atoms with Gasteiger partial charge in [-0.25, -0.2) is 13.2 Å². The molecular formula is C30H21BrCl3F6NO3. The van der Waals surface area contributed by atoms with E-state index >= 15 is 4.39 Å². The minimum Gasteiger partial charge on any atom is -0.326 e. The van der Waals surface area contributed by atoms with Crippen molar-refractivity contribution in [3.63, 3.8) is 0 Å². The van der Waals surface area contributed by atoms with Crippen LogP contribution in [0.2, 0.25) is 5.02 Å². The molecule has 3 aromatic rings. The average molecular weight is 744 g/mol. The van der Waals surface area contributed by atoms with Crippen LogP contribution in [0.3, 0.4) is 0 Å². The van der Waals surface area contributed by atoms with Gasteiger partial charge >= 0.3 is 6.18 Å². The quantitative estimate of drug-likeness (QED) is 0.135. The van der Waals surface area contributed by atoms with E-state index in [1.54, 1.807) is 0 Å². The lowest BCUT2D eigenvalue weighted by atomic mass is 9.95. The molecule has 1 aliphatic carbocycles. The zero-order valence-electron chi connectivity index (χ0n) is 22.7. The minimum atomic E-state index is -4.99. The lowest BCUT2D eigenvalue weighted by molar-refractivity contribution is -0.140. The first-order chi connectivity index (χ1) is 20.2. The molecule has 1 amide bonds. The molecule has 1 aliphatic rings. The molecule has 0 aliphatic heterocycles. The van der Waals surface area contributed by atoms with E-state index in [-0.39, 0.29) is 27.4 Å². The molecule has 0 radical (unpaired) electrons. The van der Waals surface area contributed by atoms with Gasteiger partial charge in [-0.3, -0.25) is 14.4 Å². The molecule has 0 heterocycles. The van der Waals surface area contributed by atoms with E-state index in [0.29, 0.717) is 12.1 Å². The molecule has 4 nitrogen and oxygen atoms in total. The predicted molar refractivity (Wildman–Crippen MR) is 158 cm³/mol. The zero-order chi connectivity index (χ0) is 32.9. The Balaban J connectivity index is 1.53. The summed E-state index contributed by atoms with van der Waals surface area (Å²) in [4.78, 5) is 38.5. The normalized spacial score (nSPS) is 17.7. The van der Waals surface area contributed by atoms with Crippen LogP contribution in [0.1, 0.15) is 52.4 Å². The molecule has 14 heteroatoms. The molecule has 2 atom stereocenters. The second kappa shape index (κ2) is 12.3. The van der Waals surface area contributed by atoms with Crippen LogP contribution in [-0.4, -0.2) is 26.1 Å². The maximum Gasteiger partial charge on any atom is 0.419 e. The van der Waals surface area contributed by atoms with Crippen molar-refractivity contribution >= 4 is 73.9 Å². The summed E-state index contributed by atoms with van der Waals surface area (Å²) in [6.45, 7) is 3.06. The van der Waals surface area contributed by atoms with E-state index in [2.05, 4.69) is 21.2 Å². The number of carbonyl (C=O) groups excluding carboxylic acids is 3. The Kier molecular flexibility index (Phi) is 9.58. The number of amides is 1. The summed E-state index contributed by atoms with van der Waals surface area (Å²) in [5.74, 6) is -7.81. The van der Waals surface area contributed by atoms with E-state index in [9.17, 15) is 36.3 Å². The van der Waals surface area contributed by atoms with E-state index in [0.717, 1.165) is 18.2 Å². The maximum absolute atomic E-state index is 15.2. The fourth-order valence-electron chi connectivity index (χ4n) is 4.64. The van der Waals surface area contributed by atoms with Crippen LogP contribution < -0.4 is 5.32 Å². The summed E-state index contributed by atoms with van der Waals surface area (Å²) < 4.78 is 80.1. The highest BCUT2D eigenvalue weighted by Gasteiger charge is 2.67. The van der Waals surface area contributed by atoms with E-state index in [4.69, 9.17) is 34.8 Å². The Hall–Kier alpha value is -2.60. The van der Waals surface area contributed by atoms with Gasteiger partial charge in [0.05, 0.1) is 20.8 Å². The van der Waals surface area contributed by atoms with Gasteiger partial charge in [-0.15, -0.1) is 23.2 Å². The number of rotatable bonds is 9. The first kappa shape index (κ1) is 34.3. The van der Waals surface area contributed by atoms with E-state index < -0.39 is 85.6 Å². The molecule has 44 heavy (non-hydrogen) atoms. The van der Waals surface area contributed by atoms with Crippen LogP contribution in [0.15, 0.2) is 48.5 Å². The van der Waals surface area contributed by atoms with E-state index in [1.807, 2.05) is 0 Å². The molecule has 0 spiro atoms. The Morgan fingerprint density at radius 2 is 1.57 bits per heavy atom. The Morgan fingerprint density at radius 3 is 2.18 bits per heavy atom. The number of carbonyl (C=O) groups is 3. The summed E-state index contributed by atoms with van der Waals surface area (Å²) in [7, 11) is 0. The van der Waals surface area contributed by atoms with Gasteiger partial charge in [-0.05, 0) is 61.4 Å². The smallest absolute Gasteiger partial charge is 0.326 e. The standard InChI is InChI=1S/C30H21BrCl3F6NO3/c1-28(2,31)23(43)12-17-20(35)7-4-14(26(17)37)10-22(42)16-11-15(5-6-19(16)32)41-27(44)25-24(29(25,33)34)13-3-8-21(36)18(9-13)30(38,39)40/h3-9,11,24-25H,10,12H2,1-2H3,(H,41,44)/t24-,25+/m0/s1. The van der Waals surface area contributed by atoms with Crippen molar-refractivity contribution in [2.24, 2.45) is 5.92 Å². The number of alkyl halides is 6. The Morgan fingerprint density at radius 1 is 0.932 bits per heavy atom. The fraction of sp³-hybridized carbons (Fsp3) is 0.300. The highest BCUT2D eigenvalue weighted by molar-refractivity contribution is 9.10. The number of anilines is 1. The highest BCUT2D eigenvalue weighted by Crippen LogP contribution is 2.65. The third-order valence-electron chi connectivity index (χ3n) is 7.14. The lowest BCUT2D eigenvalue weighted by Gasteiger charge is -2.16. The number of ketones is 2. The summed E-state index contributed by atoms with van der Waals surface area (Å²) in [5, 5.41) is 2.44. The van der Waals surface area contributed by atoms with Crippen LogP contribution in [0.4, 0.5) is 32.0 Å². The number of hydrogen-bond donors (Lipinski definition) is 1. The van der Waals surface area contributed by atoms with Gasteiger partial charge in [0, 0.05) is 35.6 Å². The van der Waals surface area contributed by atoms with Crippen LogP contribution >= 0.6 is 50.7 Å². The monoisotopic (exact) mass is 741 g/mol. The third-order valence-corrected chi connectivity index (χ3v) is 8.85. The van der Waals surface area contributed by atoms with Crippen molar-refractivity contribution in [2.45, 2.75) is 47.4 Å². The van der Waals surface area contributed by atoms with E-state index in [1.165, 1.54) is 32.0 Å². The van der Waals surface area contributed by atoms with Crippen LogP contribution in [0.25, 0.3) is 0 Å². The molecule has 0 bridgehead atoms. The van der Waals surface area contributed by atoms with Gasteiger partial charge in [0.2, 0.25) is 5.91 Å². The SMILES string of the molecule is CC(C)(Br)C(=O)Cc1c(F)ccc(CC(=O)c2cc(NC(=O)[C@H]3[C@H](c4ccc(F)c(C(F)(F)F)c4)C3(Cl)Cl)ccc2Cl)c1F. The van der Waals surface area contributed by atoms with Gasteiger partial charge in [-0.1, -0.05) is 39.7 Å². The number of hydrogen-bond acceptors (Lipinski definition) is 3. The second-order valence-corrected chi connectivity index (χ2v) is 14.6. The Labute approximate surface area is 271 Å². The number of nitrogens with one attached hydrogen (secondary N) is 1. The number of Topliss-reactive ketones (excluding diaryl/α,β-unsaturated/α-hetero) is 2. The minimum absolute atomic E-state index is 0.0398. The van der Waals surface area contributed by atoms with Gasteiger partial charge in [-0.2, -0.15) is 13.2 Å². The van der Waals surface area contributed by atoms with Crippen LogP contribution in [-0.2, 0) is 28.6 Å². The largest absolute Gasteiger partial charge is 0.419 e. The fourth-order valence-corrected chi connectivity index (χ4v) is 5.83. The lowest BCUT2D eigenvalue weighted by Crippen LogP contribution is -2.27. The van der Waals surface area contributed by atoms with Crippen molar-refractivity contribution in [2.75, 3.05) is 5.32 Å². The number of benzene rings is 3. The summed E-state index contributed by atoms with van der Waals surface area (Å²) in [6.07, 6.45) is -6.10. The first-order valence-corrected chi connectivity index (χ1v) is 14.7. The Bertz CT molecular complexity index is 1670. The zero-order valence-corrected chi connectivity index (χ0v) is 26.5. The highest BCUT2D eigenvalue weighted by atomic mass is 79.9. The van der Waals surface area contributed by atoms with Crippen molar-refractivity contribution in [3.8, 4) is 0 Å². The molecule has 0 unspecified atom stereocenters. The van der Waals surface area contributed by atoms with Crippen LogP contribution in [0.5, 0.6) is 0 Å². The van der Waals surface area contributed by atoms with Crippen molar-refractivity contribution < 1.29 is 40.7 Å². The topological polar surface area (TPSA) is 63.2 Å². The van der Waals surface area contributed by atoms with Crippen molar-refractivity contribution in [1.29, 1.82) is 0 Å². The molecule has 234 valence electrons. The molecule has 3 aromatic carbocycles. The van der Waals surface area contributed by atoms with Gasteiger partial charge in [0.15, 0.2) is 11.6 Å². The molecule has 1 saturated carbocycles.